The summed E-state index contributed by atoms with van der Waals surface area (Å²) in [5.74, 6) is -0.429. The Balaban J connectivity index is 1.47. The Kier molecular flexibility index (Phi) is 6.66. The number of halogens is 1. The molecule has 1 aliphatic rings. The number of aryl methyl sites for hydroxylation is 1. The highest BCUT2D eigenvalue weighted by Crippen LogP contribution is 2.27. The van der Waals surface area contributed by atoms with Crippen molar-refractivity contribution in [3.05, 3.63) is 77.4 Å². The number of rotatable bonds is 7. The number of carbonyl (C=O) groups excluding carboxylic acids is 1. The molecule has 1 aromatic heterocycles. The van der Waals surface area contributed by atoms with Crippen molar-refractivity contribution in [1.29, 1.82) is 0 Å². The van der Waals surface area contributed by atoms with Gasteiger partial charge < -0.3 is 14.8 Å². The highest BCUT2D eigenvalue weighted by molar-refractivity contribution is 6.02. The summed E-state index contributed by atoms with van der Waals surface area (Å²) in [5, 5.41) is 7.30. The normalized spacial score (nSPS) is 15.9. The van der Waals surface area contributed by atoms with Crippen LogP contribution >= 0.6 is 0 Å². The van der Waals surface area contributed by atoms with E-state index >= 15 is 0 Å². The van der Waals surface area contributed by atoms with Gasteiger partial charge in [-0.25, -0.2) is 9.07 Å². The lowest BCUT2D eigenvalue weighted by atomic mass is 10.2. The molecule has 3 aromatic rings. The molecule has 32 heavy (non-hydrogen) atoms. The molecule has 0 aliphatic carbocycles. The van der Waals surface area contributed by atoms with Crippen molar-refractivity contribution in [2.75, 3.05) is 18.5 Å². The summed E-state index contributed by atoms with van der Waals surface area (Å²) in [6.45, 7) is 4.94. The topological polar surface area (TPSA) is 65.4 Å². The van der Waals surface area contributed by atoms with Gasteiger partial charge in [0.1, 0.15) is 18.2 Å². The first-order valence-corrected chi connectivity index (χ1v) is 10.7. The maximum Gasteiger partial charge on any atom is 0.248 e. The Morgan fingerprint density at radius 1 is 1.28 bits per heavy atom. The van der Waals surface area contributed by atoms with Crippen molar-refractivity contribution < 1.29 is 18.7 Å². The van der Waals surface area contributed by atoms with Gasteiger partial charge in [-0.1, -0.05) is 18.2 Å². The number of benzene rings is 2. The Bertz CT molecular complexity index is 1120. The summed E-state index contributed by atoms with van der Waals surface area (Å²) >= 11 is 0. The zero-order valence-corrected chi connectivity index (χ0v) is 18.2. The molecule has 1 amide bonds. The van der Waals surface area contributed by atoms with Gasteiger partial charge in [-0.05, 0) is 57.0 Å². The summed E-state index contributed by atoms with van der Waals surface area (Å²) in [6, 6.07) is 13.9. The maximum atomic E-state index is 13.8. The smallest absolute Gasteiger partial charge is 0.248 e. The Morgan fingerprint density at radius 2 is 2.09 bits per heavy atom. The molecule has 2 heterocycles. The van der Waals surface area contributed by atoms with Crippen molar-refractivity contribution in [2.24, 2.45) is 0 Å². The lowest BCUT2D eigenvalue weighted by molar-refractivity contribution is -0.111. The van der Waals surface area contributed by atoms with E-state index in [1.165, 1.54) is 24.3 Å². The Morgan fingerprint density at radius 3 is 2.84 bits per heavy atom. The lowest BCUT2D eigenvalue weighted by Gasteiger charge is -2.15. The van der Waals surface area contributed by atoms with Crippen molar-refractivity contribution in [3.63, 3.8) is 0 Å². The van der Waals surface area contributed by atoms with Crippen LogP contribution in [-0.2, 0) is 9.53 Å². The fourth-order valence-corrected chi connectivity index (χ4v) is 3.73. The van der Waals surface area contributed by atoms with E-state index in [1.54, 1.807) is 6.08 Å². The van der Waals surface area contributed by atoms with Crippen LogP contribution in [0.1, 0.15) is 29.8 Å². The summed E-state index contributed by atoms with van der Waals surface area (Å²) in [4.78, 5) is 12.6. The summed E-state index contributed by atoms with van der Waals surface area (Å²) < 4.78 is 27.0. The number of nitrogens with zero attached hydrogens (tertiary/aromatic N) is 2. The zero-order chi connectivity index (χ0) is 22.5. The molecule has 166 valence electrons. The molecule has 1 aliphatic heterocycles. The Labute approximate surface area is 186 Å². The largest absolute Gasteiger partial charge is 0.489 e. The van der Waals surface area contributed by atoms with E-state index in [9.17, 15) is 9.18 Å². The van der Waals surface area contributed by atoms with Crippen LogP contribution in [0.25, 0.3) is 11.8 Å². The standard InChI is InChI=1S/C25H26FN3O3/c1-17-22(18(2)29(28-17)20-7-4-3-5-8-20)11-13-25(30)27-23-15-19(26)10-12-24(23)32-16-21-9-6-14-31-21/h3-5,7-8,10-13,15,21H,6,9,14,16H2,1-2H3,(H,27,30). The van der Waals surface area contributed by atoms with Crippen LogP contribution in [0.3, 0.4) is 0 Å². The molecule has 6 nitrogen and oxygen atoms in total. The van der Waals surface area contributed by atoms with E-state index < -0.39 is 5.82 Å². The van der Waals surface area contributed by atoms with Crippen LogP contribution in [0.4, 0.5) is 10.1 Å². The lowest BCUT2D eigenvalue weighted by Crippen LogP contribution is -2.17. The minimum Gasteiger partial charge on any atom is -0.489 e. The molecule has 2 aromatic carbocycles. The average molecular weight is 435 g/mol. The fourth-order valence-electron chi connectivity index (χ4n) is 3.73. The first kappa shape index (κ1) is 21.8. The molecule has 1 unspecified atom stereocenters. The monoisotopic (exact) mass is 435 g/mol. The first-order chi connectivity index (χ1) is 15.5. The van der Waals surface area contributed by atoms with Gasteiger partial charge in [0.05, 0.1) is 23.2 Å². The third kappa shape index (κ3) is 5.06. The number of amides is 1. The molecule has 7 heteroatoms. The highest BCUT2D eigenvalue weighted by Gasteiger charge is 2.17. The predicted octanol–water partition coefficient (Wildman–Crippen LogP) is 4.84. The van der Waals surface area contributed by atoms with Gasteiger partial charge >= 0.3 is 0 Å². The van der Waals surface area contributed by atoms with E-state index in [-0.39, 0.29) is 17.7 Å². The minimum atomic E-state index is -0.454. The van der Waals surface area contributed by atoms with Crippen LogP contribution in [0.15, 0.2) is 54.6 Å². The summed E-state index contributed by atoms with van der Waals surface area (Å²) in [5.41, 5.74) is 3.82. The zero-order valence-electron chi connectivity index (χ0n) is 18.2. The average Bonchev–Trinajstić information content (AvgIpc) is 3.40. The number of ether oxygens (including phenoxy) is 2. The van der Waals surface area contributed by atoms with E-state index in [0.717, 1.165) is 42.1 Å². The van der Waals surface area contributed by atoms with Crippen molar-refractivity contribution in [2.45, 2.75) is 32.8 Å². The Hall–Kier alpha value is -3.45. The van der Waals surface area contributed by atoms with Gasteiger partial charge in [0.15, 0.2) is 0 Å². The summed E-state index contributed by atoms with van der Waals surface area (Å²) in [6.07, 6.45) is 5.10. The third-order valence-corrected chi connectivity index (χ3v) is 5.40. The van der Waals surface area contributed by atoms with E-state index in [1.807, 2.05) is 48.9 Å². The molecule has 1 fully saturated rings. The number of para-hydroxylation sites is 1. The van der Waals surface area contributed by atoms with Crippen LogP contribution in [0.2, 0.25) is 0 Å². The van der Waals surface area contributed by atoms with Crippen LogP contribution in [0.5, 0.6) is 5.75 Å². The quantitative estimate of drug-likeness (QED) is 0.540. The van der Waals surface area contributed by atoms with Crippen molar-refractivity contribution >= 4 is 17.7 Å². The van der Waals surface area contributed by atoms with E-state index in [2.05, 4.69) is 10.4 Å². The first-order valence-electron chi connectivity index (χ1n) is 10.7. The number of anilines is 1. The molecule has 1 N–H and O–H groups in total. The number of nitrogens with one attached hydrogen (secondary N) is 1. The number of carbonyl (C=O) groups is 1. The molecule has 1 atom stereocenters. The third-order valence-electron chi connectivity index (χ3n) is 5.40. The molecule has 1 saturated heterocycles. The fraction of sp³-hybridized carbons (Fsp3) is 0.280. The second-order valence-corrected chi connectivity index (χ2v) is 7.74. The van der Waals surface area contributed by atoms with Gasteiger partial charge in [-0.2, -0.15) is 5.10 Å². The second-order valence-electron chi connectivity index (χ2n) is 7.74. The molecule has 0 saturated carbocycles. The van der Waals surface area contributed by atoms with Crippen molar-refractivity contribution in [3.8, 4) is 11.4 Å². The van der Waals surface area contributed by atoms with Crippen molar-refractivity contribution in [1.82, 2.24) is 9.78 Å². The van der Waals surface area contributed by atoms with Crippen LogP contribution in [0, 0.1) is 19.7 Å². The van der Waals surface area contributed by atoms with Crippen LogP contribution in [-0.4, -0.2) is 35.0 Å². The number of hydrogen-bond donors (Lipinski definition) is 1. The summed E-state index contributed by atoms with van der Waals surface area (Å²) in [7, 11) is 0. The number of aromatic nitrogens is 2. The second kappa shape index (κ2) is 9.78. The molecule has 0 spiro atoms. The molecular weight excluding hydrogens is 409 g/mol. The van der Waals surface area contributed by atoms with Gasteiger partial charge in [-0.15, -0.1) is 0 Å². The SMILES string of the molecule is Cc1nn(-c2ccccc2)c(C)c1C=CC(=O)Nc1cc(F)ccc1OCC1CCCO1. The van der Waals surface area contributed by atoms with Gasteiger partial charge in [0.2, 0.25) is 5.91 Å². The molecule has 0 bridgehead atoms. The van der Waals surface area contributed by atoms with E-state index in [4.69, 9.17) is 9.47 Å². The van der Waals surface area contributed by atoms with Gasteiger partial charge in [-0.3, -0.25) is 4.79 Å². The number of hydrogen-bond acceptors (Lipinski definition) is 4. The predicted molar refractivity (Wildman–Crippen MR) is 122 cm³/mol. The van der Waals surface area contributed by atoms with Crippen LogP contribution < -0.4 is 10.1 Å². The van der Waals surface area contributed by atoms with E-state index in [0.29, 0.717) is 12.4 Å². The maximum absolute atomic E-state index is 13.8. The molecular formula is C25H26FN3O3. The van der Waals surface area contributed by atoms with Gasteiger partial charge in [0.25, 0.3) is 0 Å². The molecule has 4 rings (SSSR count). The van der Waals surface area contributed by atoms with Gasteiger partial charge in [0, 0.05) is 30.0 Å². The minimum absolute atomic E-state index is 0.0237. The highest BCUT2D eigenvalue weighted by atomic mass is 19.1. The molecule has 0 radical (unpaired) electrons.